The molecule has 3 aromatic rings. The van der Waals surface area contributed by atoms with E-state index in [9.17, 15) is 0 Å². The summed E-state index contributed by atoms with van der Waals surface area (Å²) < 4.78 is 1.21. The molecule has 22 heavy (non-hydrogen) atoms. The molecule has 0 saturated carbocycles. The Labute approximate surface area is 138 Å². The van der Waals surface area contributed by atoms with Crippen molar-refractivity contribution in [2.75, 3.05) is 23.7 Å². The number of anilines is 2. The van der Waals surface area contributed by atoms with Crippen molar-refractivity contribution in [3.63, 3.8) is 0 Å². The van der Waals surface area contributed by atoms with Crippen molar-refractivity contribution in [1.82, 2.24) is 4.98 Å². The fraction of sp³-hybridized carbons (Fsp3) is 0.312. The number of thiophene rings is 2. The Kier molecular flexibility index (Phi) is 4.61. The molecule has 0 unspecified atom stereocenters. The maximum atomic E-state index is 5.59. The van der Waals surface area contributed by atoms with E-state index in [-0.39, 0.29) is 0 Å². The van der Waals surface area contributed by atoms with Gasteiger partial charge >= 0.3 is 0 Å². The van der Waals surface area contributed by atoms with Crippen LogP contribution in [0.2, 0.25) is 0 Å². The van der Waals surface area contributed by atoms with Crippen molar-refractivity contribution in [2.24, 2.45) is 5.73 Å². The highest BCUT2D eigenvalue weighted by molar-refractivity contribution is 7.23. The van der Waals surface area contributed by atoms with Gasteiger partial charge < -0.3 is 16.4 Å². The van der Waals surface area contributed by atoms with E-state index in [4.69, 9.17) is 10.7 Å². The Morgan fingerprint density at radius 1 is 1.27 bits per heavy atom. The zero-order valence-electron chi connectivity index (χ0n) is 12.8. The molecule has 0 aliphatic rings. The minimum absolute atomic E-state index is 0.629. The van der Waals surface area contributed by atoms with Gasteiger partial charge in [-0.05, 0) is 31.4 Å². The van der Waals surface area contributed by atoms with Crippen LogP contribution in [0.15, 0.2) is 23.6 Å². The number of rotatable bonds is 6. The molecule has 0 aliphatic carbocycles. The lowest BCUT2D eigenvalue weighted by atomic mass is 10.2. The van der Waals surface area contributed by atoms with Gasteiger partial charge in [-0.1, -0.05) is 6.07 Å². The molecule has 4 N–H and O–H groups in total. The second kappa shape index (κ2) is 6.64. The first kappa shape index (κ1) is 15.3. The largest absolute Gasteiger partial charge is 0.379 e. The van der Waals surface area contributed by atoms with Crippen LogP contribution >= 0.6 is 22.7 Å². The van der Waals surface area contributed by atoms with E-state index in [1.165, 1.54) is 15.1 Å². The molecule has 6 heteroatoms. The molecule has 4 nitrogen and oxygen atoms in total. The summed E-state index contributed by atoms with van der Waals surface area (Å²) in [4.78, 5) is 6.04. The number of aromatic nitrogens is 1. The minimum Gasteiger partial charge on any atom is -0.379 e. The van der Waals surface area contributed by atoms with E-state index in [0.717, 1.165) is 35.0 Å². The van der Waals surface area contributed by atoms with Gasteiger partial charge in [-0.15, -0.1) is 22.7 Å². The van der Waals surface area contributed by atoms with Gasteiger partial charge in [0.1, 0.15) is 0 Å². The van der Waals surface area contributed by atoms with Crippen LogP contribution in [-0.2, 0) is 6.54 Å². The highest BCUT2D eigenvalue weighted by Crippen LogP contribution is 2.38. The van der Waals surface area contributed by atoms with Crippen LogP contribution in [0.1, 0.15) is 16.1 Å². The maximum Gasteiger partial charge on any atom is 0.0942 e. The number of hydrogen-bond acceptors (Lipinski definition) is 6. The first-order valence-electron chi connectivity index (χ1n) is 7.30. The highest BCUT2D eigenvalue weighted by atomic mass is 32.1. The number of nitrogens with zero attached hydrogens (tertiary/aromatic N) is 1. The average Bonchev–Trinajstić information content (AvgIpc) is 3.12. The predicted octanol–water partition coefficient (Wildman–Crippen LogP) is 3.96. The lowest BCUT2D eigenvalue weighted by Gasteiger charge is -2.07. The summed E-state index contributed by atoms with van der Waals surface area (Å²) in [7, 11) is 0. The summed E-state index contributed by atoms with van der Waals surface area (Å²) >= 11 is 3.52. The van der Waals surface area contributed by atoms with Crippen molar-refractivity contribution < 1.29 is 0 Å². The first-order chi connectivity index (χ1) is 10.7. The summed E-state index contributed by atoms with van der Waals surface area (Å²) in [6.45, 7) is 6.42. The molecule has 0 atom stereocenters. The zero-order valence-corrected chi connectivity index (χ0v) is 14.4. The van der Waals surface area contributed by atoms with Crippen molar-refractivity contribution in [2.45, 2.75) is 20.4 Å². The van der Waals surface area contributed by atoms with E-state index in [0.29, 0.717) is 6.54 Å². The topological polar surface area (TPSA) is 63.0 Å². The number of fused-ring (bicyclic) bond motifs is 1. The zero-order chi connectivity index (χ0) is 15.5. The van der Waals surface area contributed by atoms with Gasteiger partial charge in [0.15, 0.2) is 0 Å². The van der Waals surface area contributed by atoms with Gasteiger partial charge in [-0.2, -0.15) is 0 Å². The molecule has 0 aromatic carbocycles. The number of nitrogens with one attached hydrogen (secondary N) is 2. The third kappa shape index (κ3) is 3.09. The molecule has 3 aromatic heterocycles. The number of aryl methyl sites for hydroxylation is 2. The van der Waals surface area contributed by atoms with Gasteiger partial charge in [0.2, 0.25) is 0 Å². The van der Waals surface area contributed by atoms with Gasteiger partial charge in [-0.3, -0.25) is 4.98 Å². The molecular weight excluding hydrogens is 312 g/mol. The van der Waals surface area contributed by atoms with Crippen LogP contribution < -0.4 is 16.4 Å². The van der Waals surface area contributed by atoms with Crippen LogP contribution in [0, 0.1) is 13.8 Å². The summed E-state index contributed by atoms with van der Waals surface area (Å²) in [5, 5.41) is 10.2. The first-order valence-corrected chi connectivity index (χ1v) is 8.99. The molecular formula is C16H20N4S2. The smallest absolute Gasteiger partial charge is 0.0942 e. The molecule has 0 aliphatic heterocycles. The van der Waals surface area contributed by atoms with Gasteiger partial charge in [0.05, 0.1) is 20.9 Å². The van der Waals surface area contributed by atoms with Crippen molar-refractivity contribution >= 4 is 43.6 Å². The Morgan fingerprint density at radius 3 is 2.86 bits per heavy atom. The lowest BCUT2D eigenvalue weighted by molar-refractivity contribution is 1.03. The van der Waals surface area contributed by atoms with Crippen molar-refractivity contribution in [1.29, 1.82) is 0 Å². The van der Waals surface area contributed by atoms with E-state index < -0.39 is 0 Å². The van der Waals surface area contributed by atoms with Gasteiger partial charge in [0.25, 0.3) is 0 Å². The van der Waals surface area contributed by atoms with E-state index in [2.05, 4.69) is 41.1 Å². The van der Waals surface area contributed by atoms with E-state index in [1.807, 2.05) is 6.92 Å². The molecule has 3 rings (SSSR count). The predicted molar refractivity (Wildman–Crippen MR) is 98.3 cm³/mol. The number of hydrogen-bond donors (Lipinski definition) is 3. The summed E-state index contributed by atoms with van der Waals surface area (Å²) in [6, 6.07) is 6.36. The number of nitrogens with two attached hydrogens (primary N) is 1. The van der Waals surface area contributed by atoms with Gasteiger partial charge in [0, 0.05) is 35.8 Å². The number of pyridine rings is 1. The summed E-state index contributed by atoms with van der Waals surface area (Å²) in [6.07, 6.45) is 0. The Morgan fingerprint density at radius 2 is 2.14 bits per heavy atom. The SMILES string of the molecule is Cc1cc(NCc2cccs2)c2sc(NCCN)c(C)c2n1. The molecule has 0 radical (unpaired) electrons. The second-order valence-electron chi connectivity index (χ2n) is 5.19. The highest BCUT2D eigenvalue weighted by Gasteiger charge is 2.13. The third-order valence-corrected chi connectivity index (χ3v) is 5.61. The maximum absolute atomic E-state index is 5.59. The van der Waals surface area contributed by atoms with Crippen LogP contribution in [0.4, 0.5) is 10.7 Å². The van der Waals surface area contributed by atoms with Crippen LogP contribution in [0.3, 0.4) is 0 Å². The Bertz CT molecular complexity index is 762. The molecule has 0 saturated heterocycles. The van der Waals surface area contributed by atoms with Crippen LogP contribution in [0.5, 0.6) is 0 Å². The Hall–Kier alpha value is -1.63. The molecule has 0 amide bonds. The lowest BCUT2D eigenvalue weighted by Crippen LogP contribution is -2.12. The third-order valence-electron chi connectivity index (χ3n) is 3.46. The molecule has 0 fully saturated rings. The van der Waals surface area contributed by atoms with Gasteiger partial charge in [-0.25, -0.2) is 0 Å². The van der Waals surface area contributed by atoms with E-state index in [1.54, 1.807) is 22.7 Å². The summed E-state index contributed by atoms with van der Waals surface area (Å²) in [5.41, 5.74) is 10.1. The molecule has 0 bridgehead atoms. The quantitative estimate of drug-likeness (QED) is 0.639. The normalized spacial score (nSPS) is 11.0. The Balaban J connectivity index is 1.94. The average molecular weight is 332 g/mol. The molecule has 3 heterocycles. The monoisotopic (exact) mass is 332 g/mol. The second-order valence-corrected chi connectivity index (χ2v) is 7.25. The molecule has 116 valence electrons. The molecule has 0 spiro atoms. The standard InChI is InChI=1S/C16H20N4S2/c1-10-8-13(19-9-12-4-3-7-21-12)15-14(20-10)11(2)16(22-15)18-6-5-17/h3-4,7-8,18H,5-6,9,17H2,1-2H3,(H,19,20). The fourth-order valence-corrected chi connectivity index (χ4v) is 4.20. The van der Waals surface area contributed by atoms with Crippen LogP contribution in [-0.4, -0.2) is 18.1 Å². The van der Waals surface area contributed by atoms with Crippen molar-refractivity contribution in [3.8, 4) is 0 Å². The summed E-state index contributed by atoms with van der Waals surface area (Å²) in [5.74, 6) is 0. The van der Waals surface area contributed by atoms with E-state index >= 15 is 0 Å². The fourth-order valence-electron chi connectivity index (χ4n) is 2.39. The minimum atomic E-state index is 0.629. The van der Waals surface area contributed by atoms with Crippen LogP contribution in [0.25, 0.3) is 10.2 Å². The van der Waals surface area contributed by atoms with Crippen molar-refractivity contribution in [3.05, 3.63) is 39.7 Å².